The first-order valence-corrected chi connectivity index (χ1v) is 19.6. The predicted molar refractivity (Wildman–Crippen MR) is 237 cm³/mol. The van der Waals surface area contributed by atoms with E-state index in [1.165, 1.54) is 75.0 Å². The first kappa shape index (κ1) is 31.6. The minimum atomic E-state index is 1.11. The number of nitrogens with zero attached hydrogens (tertiary/aromatic N) is 2. The molecule has 0 N–H and O–H groups in total. The zero-order valence-corrected chi connectivity index (χ0v) is 30.7. The van der Waals surface area contributed by atoms with E-state index in [0.717, 1.165) is 22.7 Å². The molecule has 2 nitrogen and oxygen atoms in total. The molecule has 0 bridgehead atoms. The molecule has 0 atom stereocenters. The van der Waals surface area contributed by atoms with E-state index >= 15 is 0 Å². The summed E-state index contributed by atoms with van der Waals surface area (Å²) in [6.07, 6.45) is 0. The van der Waals surface area contributed by atoms with Crippen molar-refractivity contribution in [1.82, 2.24) is 4.57 Å². The van der Waals surface area contributed by atoms with Gasteiger partial charge in [0.2, 0.25) is 0 Å². The number of benzene rings is 9. The molecule has 11 rings (SSSR count). The Morgan fingerprint density at radius 3 is 1.73 bits per heavy atom. The van der Waals surface area contributed by atoms with Gasteiger partial charge in [0.1, 0.15) is 0 Å². The molecule has 55 heavy (non-hydrogen) atoms. The van der Waals surface area contributed by atoms with Crippen molar-refractivity contribution in [2.75, 3.05) is 4.90 Å². The minimum Gasteiger partial charge on any atom is -0.310 e. The first-order chi connectivity index (χ1) is 27.3. The summed E-state index contributed by atoms with van der Waals surface area (Å²) in [4.78, 5) is 2.39. The van der Waals surface area contributed by atoms with Gasteiger partial charge in [-0.2, -0.15) is 0 Å². The number of hydrogen-bond acceptors (Lipinski definition) is 2. The van der Waals surface area contributed by atoms with E-state index < -0.39 is 0 Å². The van der Waals surface area contributed by atoms with Gasteiger partial charge in [-0.05, 0) is 88.1 Å². The molecule has 0 radical (unpaired) electrons. The number of para-hydroxylation sites is 3. The van der Waals surface area contributed by atoms with Crippen LogP contribution in [0, 0.1) is 0 Å². The maximum Gasteiger partial charge on any atom is 0.0619 e. The highest BCUT2D eigenvalue weighted by molar-refractivity contribution is 7.25. The van der Waals surface area contributed by atoms with E-state index in [1.807, 2.05) is 11.3 Å². The molecule has 258 valence electrons. The molecular weight excluding hydrogens is 685 g/mol. The summed E-state index contributed by atoms with van der Waals surface area (Å²) in [6.45, 7) is 0. The van der Waals surface area contributed by atoms with Crippen LogP contribution < -0.4 is 4.90 Å². The van der Waals surface area contributed by atoms with Gasteiger partial charge in [0.25, 0.3) is 0 Å². The summed E-state index contributed by atoms with van der Waals surface area (Å²) >= 11 is 1.86. The van der Waals surface area contributed by atoms with E-state index in [4.69, 9.17) is 0 Å². The molecule has 2 aromatic heterocycles. The summed E-state index contributed by atoms with van der Waals surface area (Å²) in [5, 5.41) is 7.64. The van der Waals surface area contributed by atoms with Gasteiger partial charge in [0.15, 0.2) is 0 Å². The van der Waals surface area contributed by atoms with Gasteiger partial charge in [-0.25, -0.2) is 0 Å². The minimum absolute atomic E-state index is 1.11. The summed E-state index contributed by atoms with van der Waals surface area (Å²) in [5.74, 6) is 0. The largest absolute Gasteiger partial charge is 0.310 e. The van der Waals surface area contributed by atoms with Crippen molar-refractivity contribution in [1.29, 1.82) is 0 Å². The van der Waals surface area contributed by atoms with Crippen LogP contribution in [-0.2, 0) is 0 Å². The molecule has 9 aromatic carbocycles. The molecule has 0 aliphatic heterocycles. The number of hydrogen-bond donors (Lipinski definition) is 0. The van der Waals surface area contributed by atoms with Gasteiger partial charge < -0.3 is 9.47 Å². The highest BCUT2D eigenvalue weighted by Gasteiger charge is 2.19. The number of fused-ring (bicyclic) bond motifs is 7. The molecule has 0 saturated heterocycles. The molecule has 2 heterocycles. The van der Waals surface area contributed by atoms with Gasteiger partial charge in [-0.3, -0.25) is 0 Å². The molecule has 0 saturated carbocycles. The lowest BCUT2D eigenvalue weighted by Gasteiger charge is -2.26. The highest BCUT2D eigenvalue weighted by atomic mass is 32.1. The van der Waals surface area contributed by atoms with E-state index in [0.29, 0.717) is 0 Å². The van der Waals surface area contributed by atoms with Crippen LogP contribution in [0.5, 0.6) is 0 Å². The summed E-state index contributed by atoms with van der Waals surface area (Å²) in [6, 6.07) is 75.1. The maximum absolute atomic E-state index is 2.41. The second-order valence-electron chi connectivity index (χ2n) is 14.1. The standard InChI is InChI=1S/C52H34N2S/c1-2-14-38(15-3-1)54-49-22-8-6-17-45(49)48-21-11-20-44(52(48)54)37-26-30-40(31-27-37)53(41-32-33-47-46-18-7-9-23-50(46)55-51(47)34-41)39-28-24-36(25-29-39)43-19-10-13-35-12-4-5-16-42(35)43/h1-34H. The molecule has 0 aliphatic carbocycles. The van der Waals surface area contributed by atoms with E-state index in [1.54, 1.807) is 0 Å². The Morgan fingerprint density at radius 1 is 0.364 bits per heavy atom. The fourth-order valence-electron chi connectivity index (χ4n) is 8.45. The maximum atomic E-state index is 2.41. The summed E-state index contributed by atoms with van der Waals surface area (Å²) in [7, 11) is 0. The van der Waals surface area contributed by atoms with Crippen LogP contribution in [0.1, 0.15) is 0 Å². The smallest absolute Gasteiger partial charge is 0.0619 e. The van der Waals surface area contributed by atoms with E-state index in [2.05, 4.69) is 216 Å². The molecular formula is C52H34N2S. The normalized spacial score (nSPS) is 11.6. The van der Waals surface area contributed by atoms with Crippen molar-refractivity contribution < 1.29 is 0 Å². The molecule has 0 unspecified atom stereocenters. The second kappa shape index (κ2) is 12.9. The lowest BCUT2D eigenvalue weighted by molar-refractivity contribution is 1.18. The van der Waals surface area contributed by atoms with Crippen LogP contribution in [0.15, 0.2) is 206 Å². The Morgan fingerprint density at radius 2 is 0.927 bits per heavy atom. The van der Waals surface area contributed by atoms with Gasteiger partial charge in [-0.1, -0.05) is 146 Å². The number of aromatic nitrogens is 1. The van der Waals surface area contributed by atoms with E-state index in [-0.39, 0.29) is 0 Å². The predicted octanol–water partition coefficient (Wildman–Crippen LogP) is 15.1. The molecule has 0 aliphatic rings. The number of rotatable bonds is 6. The van der Waals surface area contributed by atoms with Crippen LogP contribution in [0.4, 0.5) is 17.1 Å². The van der Waals surface area contributed by atoms with Crippen LogP contribution in [0.3, 0.4) is 0 Å². The van der Waals surface area contributed by atoms with Crippen molar-refractivity contribution in [2.24, 2.45) is 0 Å². The lowest BCUT2D eigenvalue weighted by atomic mass is 9.98. The van der Waals surface area contributed by atoms with Crippen LogP contribution in [-0.4, -0.2) is 4.57 Å². The molecule has 3 heteroatoms. The van der Waals surface area contributed by atoms with Crippen molar-refractivity contribution in [3.63, 3.8) is 0 Å². The lowest BCUT2D eigenvalue weighted by Crippen LogP contribution is -2.09. The van der Waals surface area contributed by atoms with Crippen molar-refractivity contribution in [3.8, 4) is 27.9 Å². The van der Waals surface area contributed by atoms with Crippen molar-refractivity contribution in [2.45, 2.75) is 0 Å². The van der Waals surface area contributed by atoms with Gasteiger partial charge in [0.05, 0.1) is 11.0 Å². The first-order valence-electron chi connectivity index (χ1n) is 18.8. The van der Waals surface area contributed by atoms with Gasteiger partial charge >= 0.3 is 0 Å². The van der Waals surface area contributed by atoms with Gasteiger partial charge in [0, 0.05) is 59.3 Å². The Labute approximate surface area is 323 Å². The SMILES string of the molecule is c1ccc(-n2c3ccccc3c3cccc(-c4ccc(N(c5ccc(-c6cccc7ccccc67)cc5)c5ccc6c(c5)sc5ccccc56)cc4)c32)cc1. The van der Waals surface area contributed by atoms with E-state index in [9.17, 15) is 0 Å². The molecule has 0 spiro atoms. The molecule has 11 aromatic rings. The summed E-state index contributed by atoms with van der Waals surface area (Å²) in [5.41, 5.74) is 11.8. The van der Waals surface area contributed by atoms with Crippen LogP contribution in [0.25, 0.3) is 80.7 Å². The Kier molecular flexibility index (Phi) is 7.39. The zero-order chi connectivity index (χ0) is 36.3. The molecule has 0 fully saturated rings. The van der Waals surface area contributed by atoms with Crippen molar-refractivity contribution in [3.05, 3.63) is 206 Å². The molecule has 0 amide bonds. The number of anilines is 3. The van der Waals surface area contributed by atoms with Crippen molar-refractivity contribution >= 4 is 81.1 Å². The summed E-state index contributed by atoms with van der Waals surface area (Å²) < 4.78 is 5.01. The average Bonchev–Trinajstić information content (AvgIpc) is 3.80. The van der Waals surface area contributed by atoms with Crippen LogP contribution >= 0.6 is 11.3 Å². The third-order valence-corrected chi connectivity index (χ3v) is 12.1. The second-order valence-corrected chi connectivity index (χ2v) is 15.2. The Balaban J connectivity index is 1.06. The highest BCUT2D eigenvalue weighted by Crippen LogP contribution is 2.43. The zero-order valence-electron chi connectivity index (χ0n) is 29.9. The third-order valence-electron chi connectivity index (χ3n) is 11.0. The third kappa shape index (κ3) is 5.24. The fraction of sp³-hybridized carbons (Fsp3) is 0. The Bertz CT molecular complexity index is 3180. The fourth-order valence-corrected chi connectivity index (χ4v) is 9.59. The van der Waals surface area contributed by atoms with Gasteiger partial charge in [-0.15, -0.1) is 11.3 Å². The monoisotopic (exact) mass is 718 g/mol. The van der Waals surface area contributed by atoms with Crippen LogP contribution in [0.2, 0.25) is 0 Å². The number of thiophene rings is 1. The average molecular weight is 719 g/mol. The Hall–Kier alpha value is -6.94. The topological polar surface area (TPSA) is 8.17 Å². The quantitative estimate of drug-likeness (QED) is 0.166.